The number of carboxylic acid groups (broad SMARTS) is 1. The van der Waals surface area contributed by atoms with Crippen LogP contribution in [0.3, 0.4) is 0 Å². The standard InChI is InChI=1S/C8H8BrNO2/c9-5-4-6-2-1-3-7(10-6)8(11)12/h1-3H,4-5H2,(H,11,12). The number of halogens is 1. The lowest BCUT2D eigenvalue weighted by atomic mass is 10.2. The third-order valence-electron chi connectivity index (χ3n) is 1.38. The van der Waals surface area contributed by atoms with Crippen LogP contribution in [0.4, 0.5) is 0 Å². The molecule has 0 unspecified atom stereocenters. The van der Waals surface area contributed by atoms with Crippen LogP contribution >= 0.6 is 15.9 Å². The van der Waals surface area contributed by atoms with Gasteiger partial charge in [-0.3, -0.25) is 0 Å². The highest BCUT2D eigenvalue weighted by Crippen LogP contribution is 2.01. The maximum Gasteiger partial charge on any atom is 0.354 e. The second-order valence-corrected chi connectivity index (χ2v) is 3.05. The molecule has 0 bridgehead atoms. The molecule has 0 aromatic carbocycles. The number of pyridine rings is 1. The maximum atomic E-state index is 10.5. The molecule has 0 saturated carbocycles. The number of hydrogen-bond acceptors (Lipinski definition) is 2. The topological polar surface area (TPSA) is 50.2 Å². The molecule has 0 amide bonds. The number of aromatic nitrogens is 1. The molecule has 0 fully saturated rings. The minimum Gasteiger partial charge on any atom is -0.477 e. The van der Waals surface area contributed by atoms with E-state index in [2.05, 4.69) is 20.9 Å². The molecule has 0 aliphatic heterocycles. The number of carbonyl (C=O) groups is 1. The van der Waals surface area contributed by atoms with E-state index in [1.165, 1.54) is 6.07 Å². The number of rotatable bonds is 3. The highest BCUT2D eigenvalue weighted by molar-refractivity contribution is 9.09. The molecule has 0 radical (unpaired) electrons. The van der Waals surface area contributed by atoms with Gasteiger partial charge in [-0.1, -0.05) is 22.0 Å². The van der Waals surface area contributed by atoms with Crippen LogP contribution in [-0.2, 0) is 6.42 Å². The smallest absolute Gasteiger partial charge is 0.354 e. The minimum absolute atomic E-state index is 0.105. The Morgan fingerprint density at radius 3 is 2.92 bits per heavy atom. The van der Waals surface area contributed by atoms with Crippen LogP contribution < -0.4 is 0 Å². The Balaban J connectivity index is 2.88. The minimum atomic E-state index is -0.980. The van der Waals surface area contributed by atoms with Crippen LogP contribution in [0, 0.1) is 0 Å². The predicted molar refractivity (Wildman–Crippen MR) is 48.7 cm³/mol. The van der Waals surface area contributed by atoms with Crippen LogP contribution in [0.15, 0.2) is 18.2 Å². The summed E-state index contributed by atoms with van der Waals surface area (Å²) >= 11 is 3.26. The van der Waals surface area contributed by atoms with Gasteiger partial charge in [0.05, 0.1) is 0 Å². The summed E-state index contributed by atoms with van der Waals surface area (Å²) in [5.41, 5.74) is 0.903. The van der Waals surface area contributed by atoms with Crippen molar-refractivity contribution in [2.45, 2.75) is 6.42 Å². The van der Waals surface area contributed by atoms with Crippen molar-refractivity contribution in [2.75, 3.05) is 5.33 Å². The van der Waals surface area contributed by atoms with E-state index in [0.717, 1.165) is 17.4 Å². The molecule has 0 atom stereocenters. The van der Waals surface area contributed by atoms with Crippen molar-refractivity contribution < 1.29 is 9.90 Å². The van der Waals surface area contributed by atoms with Crippen molar-refractivity contribution in [3.8, 4) is 0 Å². The van der Waals surface area contributed by atoms with E-state index in [4.69, 9.17) is 5.11 Å². The van der Waals surface area contributed by atoms with Gasteiger partial charge in [0, 0.05) is 11.0 Å². The summed E-state index contributed by atoms with van der Waals surface area (Å²) in [5.74, 6) is -0.980. The average molecular weight is 230 g/mol. The van der Waals surface area contributed by atoms with Crippen LogP contribution in [0.1, 0.15) is 16.2 Å². The van der Waals surface area contributed by atoms with Crippen LogP contribution in [0.5, 0.6) is 0 Å². The van der Waals surface area contributed by atoms with E-state index in [0.29, 0.717) is 0 Å². The summed E-state index contributed by atoms with van der Waals surface area (Å²) in [4.78, 5) is 14.4. The van der Waals surface area contributed by atoms with E-state index >= 15 is 0 Å². The third-order valence-corrected chi connectivity index (χ3v) is 1.77. The first-order valence-corrected chi connectivity index (χ1v) is 4.61. The Labute approximate surface area is 78.6 Å². The predicted octanol–water partition coefficient (Wildman–Crippen LogP) is 1.72. The van der Waals surface area contributed by atoms with Crippen molar-refractivity contribution in [1.29, 1.82) is 0 Å². The first-order chi connectivity index (χ1) is 5.74. The van der Waals surface area contributed by atoms with Crippen LogP contribution in [0.25, 0.3) is 0 Å². The molecule has 3 nitrogen and oxygen atoms in total. The molecule has 0 aliphatic rings. The zero-order valence-corrected chi connectivity index (χ0v) is 7.91. The fourth-order valence-corrected chi connectivity index (χ4v) is 1.24. The van der Waals surface area contributed by atoms with Gasteiger partial charge in [-0.05, 0) is 18.6 Å². The zero-order valence-electron chi connectivity index (χ0n) is 6.33. The first kappa shape index (κ1) is 9.19. The van der Waals surface area contributed by atoms with Crippen LogP contribution in [-0.4, -0.2) is 21.4 Å². The molecule has 1 aromatic heterocycles. The Hall–Kier alpha value is -0.900. The molecular weight excluding hydrogens is 222 g/mol. The normalized spacial score (nSPS) is 9.75. The highest BCUT2D eigenvalue weighted by atomic mass is 79.9. The molecule has 1 rings (SSSR count). The Morgan fingerprint density at radius 1 is 1.58 bits per heavy atom. The Kier molecular flexibility index (Phi) is 3.22. The van der Waals surface area contributed by atoms with E-state index in [-0.39, 0.29) is 5.69 Å². The molecule has 1 heterocycles. The lowest BCUT2D eigenvalue weighted by Gasteiger charge is -1.97. The zero-order chi connectivity index (χ0) is 8.97. The molecule has 12 heavy (non-hydrogen) atoms. The summed E-state index contributed by atoms with van der Waals surface area (Å²) in [6, 6.07) is 5.00. The molecule has 64 valence electrons. The van der Waals surface area contributed by atoms with E-state index in [1.807, 2.05) is 6.07 Å². The highest BCUT2D eigenvalue weighted by Gasteiger charge is 2.03. The summed E-state index contributed by atoms with van der Waals surface area (Å²) < 4.78 is 0. The SMILES string of the molecule is O=C(O)c1cccc(CCBr)n1. The van der Waals surface area contributed by atoms with Crippen molar-refractivity contribution in [1.82, 2.24) is 4.98 Å². The number of hydrogen-bond donors (Lipinski definition) is 1. The van der Waals surface area contributed by atoms with Gasteiger partial charge in [-0.25, -0.2) is 9.78 Å². The van der Waals surface area contributed by atoms with Crippen molar-refractivity contribution in [3.63, 3.8) is 0 Å². The third kappa shape index (κ3) is 2.30. The van der Waals surface area contributed by atoms with Gasteiger partial charge >= 0.3 is 5.97 Å². The van der Waals surface area contributed by atoms with Gasteiger partial charge in [0.2, 0.25) is 0 Å². The molecule has 0 aliphatic carbocycles. The number of alkyl halides is 1. The molecule has 4 heteroatoms. The van der Waals surface area contributed by atoms with E-state index in [9.17, 15) is 4.79 Å². The molecule has 1 N–H and O–H groups in total. The number of aromatic carboxylic acids is 1. The number of carboxylic acids is 1. The molecule has 0 spiro atoms. The summed E-state index contributed by atoms with van der Waals surface area (Å²) in [6.07, 6.45) is 0.751. The quantitative estimate of drug-likeness (QED) is 0.804. The monoisotopic (exact) mass is 229 g/mol. The van der Waals surface area contributed by atoms with Gasteiger partial charge < -0.3 is 5.11 Å². The number of nitrogens with zero attached hydrogens (tertiary/aromatic N) is 1. The lowest BCUT2D eigenvalue weighted by Crippen LogP contribution is -2.02. The van der Waals surface area contributed by atoms with Gasteiger partial charge in [-0.2, -0.15) is 0 Å². The van der Waals surface area contributed by atoms with Gasteiger partial charge in [0.15, 0.2) is 0 Å². The largest absolute Gasteiger partial charge is 0.477 e. The number of aryl methyl sites for hydroxylation is 1. The fourth-order valence-electron chi connectivity index (χ4n) is 0.835. The van der Waals surface area contributed by atoms with Gasteiger partial charge in [0.25, 0.3) is 0 Å². The summed E-state index contributed by atoms with van der Waals surface area (Å²) in [5, 5.41) is 9.40. The van der Waals surface area contributed by atoms with Crippen molar-refractivity contribution in [3.05, 3.63) is 29.6 Å². The Morgan fingerprint density at radius 2 is 2.33 bits per heavy atom. The Bertz CT molecular complexity index is 288. The average Bonchev–Trinajstić information content (AvgIpc) is 2.05. The maximum absolute atomic E-state index is 10.5. The second-order valence-electron chi connectivity index (χ2n) is 2.26. The molecular formula is C8H8BrNO2. The van der Waals surface area contributed by atoms with Crippen LogP contribution in [0.2, 0.25) is 0 Å². The van der Waals surface area contributed by atoms with Gasteiger partial charge in [0.1, 0.15) is 5.69 Å². The van der Waals surface area contributed by atoms with Crippen molar-refractivity contribution >= 4 is 21.9 Å². The fraction of sp³-hybridized carbons (Fsp3) is 0.250. The molecule has 0 saturated heterocycles. The van der Waals surface area contributed by atoms with Gasteiger partial charge in [-0.15, -0.1) is 0 Å². The second kappa shape index (κ2) is 4.21. The summed E-state index contributed by atoms with van der Waals surface area (Å²) in [6.45, 7) is 0. The lowest BCUT2D eigenvalue weighted by molar-refractivity contribution is 0.0690. The van der Waals surface area contributed by atoms with E-state index in [1.54, 1.807) is 6.07 Å². The van der Waals surface area contributed by atoms with Crippen molar-refractivity contribution in [2.24, 2.45) is 0 Å². The summed E-state index contributed by atoms with van der Waals surface area (Å²) in [7, 11) is 0. The molecule has 1 aromatic rings. The first-order valence-electron chi connectivity index (χ1n) is 3.49. The van der Waals surface area contributed by atoms with E-state index < -0.39 is 5.97 Å².